The van der Waals surface area contributed by atoms with Crippen molar-refractivity contribution in [3.63, 3.8) is 0 Å². The first-order valence-corrected chi connectivity index (χ1v) is 10.0. The van der Waals surface area contributed by atoms with Gasteiger partial charge in [0.15, 0.2) is 0 Å². The van der Waals surface area contributed by atoms with Crippen LogP contribution in [-0.4, -0.2) is 59.5 Å². The van der Waals surface area contributed by atoms with Crippen LogP contribution in [0, 0.1) is 19.8 Å². The third kappa shape index (κ3) is 3.92. The van der Waals surface area contributed by atoms with E-state index in [-0.39, 0.29) is 11.8 Å². The molecule has 0 atom stereocenters. The van der Waals surface area contributed by atoms with E-state index in [1.165, 1.54) is 30.0 Å². The van der Waals surface area contributed by atoms with Crippen LogP contribution in [0.25, 0.3) is 0 Å². The Morgan fingerprint density at radius 3 is 2.52 bits per heavy atom. The zero-order valence-corrected chi connectivity index (χ0v) is 14.8. The maximum Gasteiger partial charge on any atom is 0.216 e. The molecule has 1 aliphatic heterocycles. The second-order valence-corrected chi connectivity index (χ2v) is 8.75. The number of aromatic nitrogens is 3. The number of nitrogens with zero attached hydrogens (tertiary/aromatic N) is 4. The summed E-state index contributed by atoms with van der Waals surface area (Å²) in [5, 5.41) is 4.33. The van der Waals surface area contributed by atoms with E-state index in [1.54, 1.807) is 0 Å². The SMILES string of the molecule is Cc1nc(C)n(C2CN(S(=O)(=O)CCOCC3CCCC3)C2)n1. The molecular formula is C15H26N4O3S. The van der Waals surface area contributed by atoms with Crippen LogP contribution < -0.4 is 0 Å². The molecule has 130 valence electrons. The molecule has 3 rings (SSSR count). The van der Waals surface area contributed by atoms with Crippen LogP contribution in [0.15, 0.2) is 0 Å². The van der Waals surface area contributed by atoms with Crippen molar-refractivity contribution in [2.24, 2.45) is 5.92 Å². The predicted molar refractivity (Wildman–Crippen MR) is 86.7 cm³/mol. The van der Waals surface area contributed by atoms with Gasteiger partial charge in [-0.25, -0.2) is 18.1 Å². The second kappa shape index (κ2) is 6.86. The van der Waals surface area contributed by atoms with Gasteiger partial charge in [-0.15, -0.1) is 0 Å². The third-order valence-corrected chi connectivity index (χ3v) is 6.56. The van der Waals surface area contributed by atoms with Crippen LogP contribution in [0.3, 0.4) is 0 Å². The molecule has 7 nitrogen and oxygen atoms in total. The average molecular weight is 342 g/mol. The van der Waals surface area contributed by atoms with Crippen molar-refractivity contribution in [2.75, 3.05) is 32.1 Å². The topological polar surface area (TPSA) is 77.3 Å². The fourth-order valence-electron chi connectivity index (χ4n) is 3.40. The van der Waals surface area contributed by atoms with Gasteiger partial charge in [0.1, 0.15) is 11.6 Å². The summed E-state index contributed by atoms with van der Waals surface area (Å²) in [7, 11) is -3.22. The zero-order valence-electron chi connectivity index (χ0n) is 13.9. The lowest BCUT2D eigenvalue weighted by atomic mass is 10.1. The van der Waals surface area contributed by atoms with E-state index in [0.29, 0.717) is 32.2 Å². The standard InChI is InChI=1S/C15H26N4O3S/c1-12-16-13(2)19(17-12)15-9-18(10-15)23(20,21)8-7-22-11-14-5-3-4-6-14/h14-15H,3-11H2,1-2H3. The molecule has 1 aromatic heterocycles. The van der Waals surface area contributed by atoms with Crippen molar-refractivity contribution in [3.05, 3.63) is 11.6 Å². The Morgan fingerprint density at radius 2 is 1.91 bits per heavy atom. The molecule has 0 spiro atoms. The summed E-state index contributed by atoms with van der Waals surface area (Å²) in [6, 6.07) is 0.102. The molecule has 2 heterocycles. The van der Waals surface area contributed by atoms with Gasteiger partial charge in [-0.05, 0) is 32.6 Å². The fraction of sp³-hybridized carbons (Fsp3) is 0.867. The van der Waals surface area contributed by atoms with Gasteiger partial charge in [0.25, 0.3) is 0 Å². The molecule has 1 saturated carbocycles. The van der Waals surface area contributed by atoms with Crippen LogP contribution in [-0.2, 0) is 14.8 Å². The van der Waals surface area contributed by atoms with Gasteiger partial charge in [0, 0.05) is 19.7 Å². The Morgan fingerprint density at radius 1 is 1.22 bits per heavy atom. The lowest BCUT2D eigenvalue weighted by Gasteiger charge is -2.38. The maximum atomic E-state index is 12.3. The highest BCUT2D eigenvalue weighted by Gasteiger charge is 2.37. The molecule has 1 saturated heterocycles. The fourth-order valence-corrected chi connectivity index (χ4v) is 4.79. The van der Waals surface area contributed by atoms with E-state index >= 15 is 0 Å². The van der Waals surface area contributed by atoms with Crippen molar-refractivity contribution >= 4 is 10.0 Å². The second-order valence-electron chi connectivity index (χ2n) is 6.66. The monoisotopic (exact) mass is 342 g/mol. The number of hydrogen-bond acceptors (Lipinski definition) is 5. The van der Waals surface area contributed by atoms with Crippen molar-refractivity contribution < 1.29 is 13.2 Å². The Labute approximate surface area is 138 Å². The van der Waals surface area contributed by atoms with Crippen LogP contribution in [0.5, 0.6) is 0 Å². The van der Waals surface area contributed by atoms with E-state index in [2.05, 4.69) is 10.1 Å². The van der Waals surface area contributed by atoms with E-state index in [1.807, 2.05) is 18.5 Å². The molecular weight excluding hydrogens is 316 g/mol. The highest BCUT2D eigenvalue weighted by atomic mass is 32.2. The van der Waals surface area contributed by atoms with Gasteiger partial charge >= 0.3 is 0 Å². The van der Waals surface area contributed by atoms with E-state index in [9.17, 15) is 8.42 Å². The number of rotatable bonds is 7. The smallest absolute Gasteiger partial charge is 0.216 e. The van der Waals surface area contributed by atoms with Gasteiger partial charge in [-0.2, -0.15) is 9.40 Å². The Kier molecular flexibility index (Phi) is 5.03. The minimum Gasteiger partial charge on any atom is -0.380 e. The number of sulfonamides is 1. The van der Waals surface area contributed by atoms with E-state index in [4.69, 9.17) is 4.74 Å². The Balaban J connectivity index is 1.41. The molecule has 2 fully saturated rings. The number of aryl methyl sites for hydroxylation is 2. The molecule has 0 aromatic carbocycles. The van der Waals surface area contributed by atoms with Gasteiger partial charge < -0.3 is 4.74 Å². The maximum absolute atomic E-state index is 12.3. The van der Waals surface area contributed by atoms with Crippen LogP contribution in [0.1, 0.15) is 43.4 Å². The van der Waals surface area contributed by atoms with Crippen molar-refractivity contribution in [1.82, 2.24) is 19.1 Å². The minimum atomic E-state index is -3.22. The lowest BCUT2D eigenvalue weighted by Crippen LogP contribution is -2.52. The summed E-state index contributed by atoms with van der Waals surface area (Å²) in [4.78, 5) is 4.26. The first kappa shape index (κ1) is 16.9. The first-order chi connectivity index (χ1) is 11.0. The average Bonchev–Trinajstić information content (AvgIpc) is 3.03. The molecule has 1 aromatic rings. The molecule has 23 heavy (non-hydrogen) atoms. The molecule has 0 unspecified atom stereocenters. The largest absolute Gasteiger partial charge is 0.380 e. The summed E-state index contributed by atoms with van der Waals surface area (Å²) in [5.41, 5.74) is 0. The summed E-state index contributed by atoms with van der Waals surface area (Å²) in [6.07, 6.45) is 5.00. The number of ether oxygens (including phenoxy) is 1. The van der Waals surface area contributed by atoms with Gasteiger partial charge in [-0.1, -0.05) is 12.8 Å². The molecule has 0 bridgehead atoms. The van der Waals surface area contributed by atoms with Gasteiger partial charge in [0.2, 0.25) is 10.0 Å². The molecule has 1 aliphatic carbocycles. The third-order valence-electron chi connectivity index (χ3n) is 4.79. The Hall–Kier alpha value is -0.990. The zero-order chi connectivity index (χ0) is 16.4. The first-order valence-electron chi connectivity index (χ1n) is 8.41. The van der Waals surface area contributed by atoms with E-state index in [0.717, 1.165) is 11.6 Å². The number of hydrogen-bond donors (Lipinski definition) is 0. The molecule has 0 amide bonds. The van der Waals surface area contributed by atoms with Crippen LogP contribution in [0.2, 0.25) is 0 Å². The quantitative estimate of drug-likeness (QED) is 0.698. The molecule has 2 aliphatic rings. The highest BCUT2D eigenvalue weighted by molar-refractivity contribution is 7.89. The van der Waals surface area contributed by atoms with Gasteiger partial charge in [0.05, 0.1) is 18.4 Å². The van der Waals surface area contributed by atoms with Crippen molar-refractivity contribution in [2.45, 2.75) is 45.6 Å². The summed E-state index contributed by atoms with van der Waals surface area (Å²) >= 11 is 0. The van der Waals surface area contributed by atoms with Crippen molar-refractivity contribution in [3.8, 4) is 0 Å². The summed E-state index contributed by atoms with van der Waals surface area (Å²) in [5.74, 6) is 2.26. The normalized spacial score (nSPS) is 21.0. The summed E-state index contributed by atoms with van der Waals surface area (Å²) < 4.78 is 33.5. The van der Waals surface area contributed by atoms with Gasteiger partial charge in [-0.3, -0.25) is 0 Å². The highest BCUT2D eigenvalue weighted by Crippen LogP contribution is 2.26. The van der Waals surface area contributed by atoms with Crippen molar-refractivity contribution in [1.29, 1.82) is 0 Å². The molecule has 8 heteroatoms. The van der Waals surface area contributed by atoms with E-state index < -0.39 is 10.0 Å². The predicted octanol–water partition coefficient (Wildman–Crippen LogP) is 1.29. The summed E-state index contributed by atoms with van der Waals surface area (Å²) in [6.45, 7) is 5.70. The Bertz CT molecular complexity index is 631. The molecule has 0 radical (unpaired) electrons. The minimum absolute atomic E-state index is 0.0712. The van der Waals surface area contributed by atoms with Crippen LogP contribution in [0.4, 0.5) is 0 Å². The lowest BCUT2D eigenvalue weighted by molar-refractivity contribution is 0.111. The molecule has 0 N–H and O–H groups in total. The van der Waals surface area contributed by atoms with Crippen LogP contribution >= 0.6 is 0 Å².